The molecule has 0 bridgehead atoms. The van der Waals surface area contributed by atoms with Crippen molar-refractivity contribution in [1.29, 1.82) is 0 Å². The van der Waals surface area contributed by atoms with E-state index < -0.39 is 0 Å². The highest BCUT2D eigenvalue weighted by Crippen LogP contribution is 2.36. The van der Waals surface area contributed by atoms with Crippen LogP contribution in [0, 0.1) is 0 Å². The lowest BCUT2D eigenvalue weighted by Gasteiger charge is -1.99. The zero-order valence-corrected chi connectivity index (χ0v) is 12.3. The number of hydrogen-bond acceptors (Lipinski definition) is 2. The molecule has 13 heavy (non-hydrogen) atoms. The van der Waals surface area contributed by atoms with E-state index in [9.17, 15) is 0 Å². The fourth-order valence-corrected chi connectivity index (χ4v) is 2.76. The molecule has 0 atom stereocenters. The number of halogens is 4. The van der Waals surface area contributed by atoms with Crippen LogP contribution in [0.3, 0.4) is 0 Å². The maximum Gasteiger partial charge on any atom is 0.129 e. The molecule has 2 rings (SSSR count). The number of aromatic nitrogens is 3. The fourth-order valence-electron chi connectivity index (χ4n) is 0.941. The van der Waals surface area contributed by atoms with Crippen LogP contribution in [0.1, 0.15) is 0 Å². The lowest BCUT2D eigenvalue weighted by molar-refractivity contribution is 0.924. The normalized spacial score (nSPS) is 11.1. The summed E-state index contributed by atoms with van der Waals surface area (Å²) in [5.41, 5.74) is 1.72. The summed E-state index contributed by atoms with van der Waals surface area (Å²) in [5.74, 6) is 0. The molecule has 0 amide bonds. The lowest BCUT2D eigenvalue weighted by Crippen LogP contribution is -1.81. The van der Waals surface area contributed by atoms with Crippen molar-refractivity contribution < 1.29 is 0 Å². The highest BCUT2D eigenvalue weighted by atomic mass is 79.9. The molecule has 0 fully saturated rings. The van der Waals surface area contributed by atoms with Crippen molar-refractivity contribution in [2.24, 2.45) is 0 Å². The summed E-state index contributed by atoms with van der Waals surface area (Å²) in [7, 11) is 0. The summed E-state index contributed by atoms with van der Waals surface area (Å²) in [6.07, 6.45) is 0. The number of rotatable bonds is 0. The lowest BCUT2D eigenvalue weighted by atomic mass is 10.3. The molecule has 0 aliphatic carbocycles. The van der Waals surface area contributed by atoms with Gasteiger partial charge in [0.25, 0.3) is 0 Å². The van der Waals surface area contributed by atoms with E-state index in [1.54, 1.807) is 3.71 Å². The van der Waals surface area contributed by atoms with Crippen molar-refractivity contribution in [3.05, 3.63) is 19.5 Å². The molecule has 0 unspecified atom stereocenters. The average Bonchev–Trinajstić information content (AvgIpc) is 2.45. The van der Waals surface area contributed by atoms with Crippen LogP contribution in [0.15, 0.2) is 19.5 Å². The predicted molar refractivity (Wildman–Crippen MR) is 65.0 cm³/mol. The van der Waals surface area contributed by atoms with Gasteiger partial charge in [0, 0.05) is 8.95 Å². The van der Waals surface area contributed by atoms with Crippen molar-refractivity contribution in [1.82, 2.24) is 14.0 Å². The van der Waals surface area contributed by atoms with E-state index in [4.69, 9.17) is 0 Å². The van der Waals surface area contributed by atoms with Crippen LogP contribution in [0.5, 0.6) is 0 Å². The Balaban J connectivity index is 2.96. The summed E-state index contributed by atoms with van der Waals surface area (Å²) in [6, 6.07) is 1.93. The summed E-state index contributed by atoms with van der Waals surface area (Å²) in [6.45, 7) is 0. The molecule has 0 saturated heterocycles. The van der Waals surface area contributed by atoms with Gasteiger partial charge < -0.3 is 0 Å². The first-order valence-corrected chi connectivity index (χ1v) is 6.25. The van der Waals surface area contributed by atoms with Gasteiger partial charge in [0.15, 0.2) is 0 Å². The number of fused-ring (bicyclic) bond motifs is 1. The molecule has 1 aromatic carbocycles. The average molecular weight is 435 g/mol. The van der Waals surface area contributed by atoms with Crippen LogP contribution in [-0.4, -0.2) is 14.0 Å². The van der Waals surface area contributed by atoms with Gasteiger partial charge in [0.2, 0.25) is 0 Å². The molecule has 68 valence electrons. The van der Waals surface area contributed by atoms with Crippen molar-refractivity contribution >= 4 is 75.0 Å². The third-order valence-electron chi connectivity index (χ3n) is 1.54. The molecule has 0 aliphatic rings. The van der Waals surface area contributed by atoms with Crippen LogP contribution in [0.4, 0.5) is 0 Å². The van der Waals surface area contributed by atoms with Crippen LogP contribution in [0.2, 0.25) is 0 Å². The van der Waals surface area contributed by atoms with Gasteiger partial charge in [-0.05, 0) is 53.9 Å². The van der Waals surface area contributed by atoms with Crippen LogP contribution in [0.25, 0.3) is 11.0 Å². The summed E-state index contributed by atoms with van der Waals surface area (Å²) in [5, 5.41) is 7.84. The zero-order valence-electron chi connectivity index (χ0n) is 5.93. The molecule has 0 radical (unpaired) electrons. The van der Waals surface area contributed by atoms with Gasteiger partial charge in [-0.2, -0.15) is 3.71 Å². The van der Waals surface area contributed by atoms with Crippen molar-refractivity contribution in [2.75, 3.05) is 0 Å². The summed E-state index contributed by atoms with van der Waals surface area (Å²) in [4.78, 5) is 0. The van der Waals surface area contributed by atoms with Crippen molar-refractivity contribution in [3.63, 3.8) is 0 Å². The zero-order chi connectivity index (χ0) is 9.59. The highest BCUT2D eigenvalue weighted by Gasteiger charge is 2.12. The van der Waals surface area contributed by atoms with E-state index in [2.05, 4.69) is 74.2 Å². The third kappa shape index (κ3) is 1.60. The van der Waals surface area contributed by atoms with Gasteiger partial charge in [0.1, 0.15) is 11.0 Å². The first-order chi connectivity index (χ1) is 6.11. The minimum absolute atomic E-state index is 0.812. The topological polar surface area (TPSA) is 30.7 Å². The van der Waals surface area contributed by atoms with Gasteiger partial charge in [-0.1, -0.05) is 5.21 Å². The fraction of sp³-hybridized carbons (Fsp3) is 0. The monoisotopic (exact) mass is 431 g/mol. The predicted octanol–water partition coefficient (Wildman–Crippen LogP) is 3.88. The molecule has 7 heteroatoms. The van der Waals surface area contributed by atoms with E-state index >= 15 is 0 Å². The quantitative estimate of drug-likeness (QED) is 0.589. The molecule has 3 nitrogen and oxygen atoms in total. The SMILES string of the molecule is Brc1cc2c(nnn2Br)c(Br)c1Br. The first kappa shape index (κ1) is 10.1. The minimum atomic E-state index is 0.812. The number of hydrogen-bond donors (Lipinski definition) is 0. The van der Waals surface area contributed by atoms with Crippen LogP contribution >= 0.6 is 63.9 Å². The van der Waals surface area contributed by atoms with Crippen LogP contribution in [-0.2, 0) is 0 Å². The second-order valence-corrected chi connectivity index (χ2v) is 5.42. The number of benzene rings is 1. The van der Waals surface area contributed by atoms with Gasteiger partial charge in [-0.15, -0.1) is 5.10 Å². The van der Waals surface area contributed by atoms with E-state index in [-0.39, 0.29) is 0 Å². The van der Waals surface area contributed by atoms with E-state index in [1.165, 1.54) is 0 Å². The second kappa shape index (κ2) is 3.60. The molecule has 0 N–H and O–H groups in total. The van der Waals surface area contributed by atoms with Crippen molar-refractivity contribution in [2.45, 2.75) is 0 Å². The van der Waals surface area contributed by atoms with E-state index in [0.717, 1.165) is 24.5 Å². The summed E-state index contributed by atoms with van der Waals surface area (Å²) < 4.78 is 4.33. The Morgan fingerprint density at radius 2 is 1.85 bits per heavy atom. The smallest absolute Gasteiger partial charge is 0.129 e. The Morgan fingerprint density at radius 3 is 2.54 bits per heavy atom. The second-order valence-electron chi connectivity index (χ2n) is 2.30. The van der Waals surface area contributed by atoms with Crippen molar-refractivity contribution in [3.8, 4) is 0 Å². The molecule has 0 saturated carbocycles. The van der Waals surface area contributed by atoms with Gasteiger partial charge in [-0.25, -0.2) is 0 Å². The minimum Gasteiger partial charge on any atom is -0.177 e. The first-order valence-electron chi connectivity index (χ1n) is 3.16. The Kier molecular flexibility index (Phi) is 2.79. The highest BCUT2D eigenvalue weighted by molar-refractivity contribution is 9.14. The molecule has 0 spiro atoms. The maximum atomic E-state index is 3.99. The maximum absolute atomic E-state index is 3.99. The molecule has 1 heterocycles. The Morgan fingerprint density at radius 1 is 1.15 bits per heavy atom. The van der Waals surface area contributed by atoms with Crippen LogP contribution < -0.4 is 0 Å². The van der Waals surface area contributed by atoms with Gasteiger partial charge >= 0.3 is 0 Å². The summed E-state index contributed by atoms with van der Waals surface area (Å²) >= 11 is 13.5. The third-order valence-corrected chi connectivity index (χ3v) is 5.35. The number of nitrogens with zero attached hydrogens (tertiary/aromatic N) is 3. The van der Waals surface area contributed by atoms with E-state index in [1.807, 2.05) is 6.07 Å². The van der Waals surface area contributed by atoms with Gasteiger partial charge in [0.05, 0.1) is 20.6 Å². The molecule has 1 aromatic heterocycles. The van der Waals surface area contributed by atoms with E-state index in [0.29, 0.717) is 0 Å². The Bertz CT molecular complexity index is 478. The largest absolute Gasteiger partial charge is 0.177 e. The molecule has 0 aliphatic heterocycles. The Hall–Kier alpha value is 0.540. The van der Waals surface area contributed by atoms with Gasteiger partial charge in [-0.3, -0.25) is 0 Å². The Labute approximate surface area is 108 Å². The molecular weight excluding hydrogens is 434 g/mol. The standard InChI is InChI=1S/C6HBr4N3/c7-2-1-3-6(5(9)4(2)8)11-12-13(3)10/h1H. The molecule has 2 aromatic rings. The molecular formula is C6HBr4N3.